The van der Waals surface area contributed by atoms with Crippen molar-refractivity contribution in [1.29, 1.82) is 0 Å². The van der Waals surface area contributed by atoms with Gasteiger partial charge < -0.3 is 9.47 Å². The first kappa shape index (κ1) is 16.2. The molecule has 5 heteroatoms. The van der Waals surface area contributed by atoms with Gasteiger partial charge in [0.25, 0.3) is 0 Å². The largest absolute Gasteiger partial charge is 0.490 e. The van der Waals surface area contributed by atoms with E-state index in [0.717, 1.165) is 5.56 Å². The molecule has 2 aromatic carbocycles. The Labute approximate surface area is 138 Å². The number of ether oxygens (including phenoxy) is 2. The van der Waals surface area contributed by atoms with Crippen LogP contribution in [0.1, 0.15) is 28.4 Å². The molecule has 2 aromatic rings. The second-order valence-corrected chi connectivity index (χ2v) is 5.35. The monoisotopic (exact) mass is 330 g/mol. The summed E-state index contributed by atoms with van der Waals surface area (Å²) >= 11 is 0. The van der Waals surface area contributed by atoms with Gasteiger partial charge in [0.2, 0.25) is 0 Å². The van der Waals surface area contributed by atoms with Gasteiger partial charge in [-0.05, 0) is 36.3 Å². The Balaban J connectivity index is 1.91. The van der Waals surface area contributed by atoms with Gasteiger partial charge in [0.05, 0.1) is 6.61 Å². The summed E-state index contributed by atoms with van der Waals surface area (Å²) in [6.45, 7) is -0.836. The van der Waals surface area contributed by atoms with Crippen molar-refractivity contribution in [2.45, 2.75) is 20.0 Å². The topological polar surface area (TPSA) is 35.5 Å². The predicted molar refractivity (Wildman–Crippen MR) is 86.7 cm³/mol. The highest BCUT2D eigenvalue weighted by atomic mass is 19.3. The second-order valence-electron chi connectivity index (χ2n) is 5.35. The lowest BCUT2D eigenvalue weighted by Gasteiger charge is -2.12. The molecule has 0 fully saturated rings. The summed E-state index contributed by atoms with van der Waals surface area (Å²) in [4.78, 5) is 12.4. The van der Waals surface area contributed by atoms with Crippen LogP contribution in [0.25, 0.3) is 6.08 Å². The van der Waals surface area contributed by atoms with E-state index in [0.29, 0.717) is 29.7 Å². The average molecular weight is 330 g/mol. The van der Waals surface area contributed by atoms with Crippen molar-refractivity contribution in [3.8, 4) is 11.5 Å². The van der Waals surface area contributed by atoms with Crippen molar-refractivity contribution in [3.05, 3.63) is 64.7 Å². The van der Waals surface area contributed by atoms with Crippen LogP contribution < -0.4 is 9.47 Å². The normalized spacial score (nSPS) is 15.0. The van der Waals surface area contributed by atoms with Crippen molar-refractivity contribution >= 4 is 11.9 Å². The Kier molecular flexibility index (Phi) is 4.60. The zero-order valence-electron chi connectivity index (χ0n) is 13.1. The molecule has 1 aliphatic carbocycles. The Morgan fingerprint density at radius 1 is 1.17 bits per heavy atom. The van der Waals surface area contributed by atoms with Crippen molar-refractivity contribution < 1.29 is 23.0 Å². The first-order valence-corrected chi connectivity index (χ1v) is 7.63. The van der Waals surface area contributed by atoms with Gasteiger partial charge in [-0.3, -0.25) is 4.79 Å². The highest BCUT2D eigenvalue weighted by molar-refractivity contribution is 6.15. The van der Waals surface area contributed by atoms with E-state index in [-0.39, 0.29) is 17.3 Å². The second kappa shape index (κ2) is 6.83. The lowest BCUT2D eigenvalue weighted by atomic mass is 10.1. The molecule has 24 heavy (non-hydrogen) atoms. The van der Waals surface area contributed by atoms with Crippen molar-refractivity contribution in [1.82, 2.24) is 0 Å². The number of fused-ring (bicyclic) bond motifs is 1. The van der Waals surface area contributed by atoms with Gasteiger partial charge in [0, 0.05) is 17.6 Å². The van der Waals surface area contributed by atoms with E-state index in [4.69, 9.17) is 4.74 Å². The number of hydrogen-bond donors (Lipinski definition) is 0. The maximum absolute atomic E-state index is 12.4. The van der Waals surface area contributed by atoms with Crippen LogP contribution in [0.4, 0.5) is 8.78 Å². The van der Waals surface area contributed by atoms with Gasteiger partial charge in [-0.25, -0.2) is 0 Å². The molecular formula is C19H16F2O3. The van der Waals surface area contributed by atoms with Crippen LogP contribution in [0.15, 0.2) is 48.0 Å². The molecule has 0 aromatic heterocycles. The number of benzene rings is 2. The number of halogens is 2. The molecule has 0 aliphatic heterocycles. The maximum Gasteiger partial charge on any atom is 0.387 e. The van der Waals surface area contributed by atoms with Crippen LogP contribution in [0.5, 0.6) is 11.5 Å². The smallest absolute Gasteiger partial charge is 0.387 e. The van der Waals surface area contributed by atoms with E-state index >= 15 is 0 Å². The van der Waals surface area contributed by atoms with Crippen molar-refractivity contribution in [3.63, 3.8) is 0 Å². The molecule has 0 saturated carbocycles. The van der Waals surface area contributed by atoms with Gasteiger partial charge in [0.1, 0.15) is 0 Å². The summed E-state index contributed by atoms with van der Waals surface area (Å²) in [6, 6.07) is 12.1. The minimum absolute atomic E-state index is 0.00327. The standard InChI is InChI=1S/C19H16F2O3/c1-2-23-17-10-12(7-8-16(17)24-19(20)21)9-14-11-13-5-3-4-6-15(13)18(14)22/h3-10,19H,2,11H2,1H3/b14-9+. The summed E-state index contributed by atoms with van der Waals surface area (Å²) in [7, 11) is 0. The molecule has 0 unspecified atom stereocenters. The highest BCUT2D eigenvalue weighted by Crippen LogP contribution is 2.32. The molecule has 0 amide bonds. The molecule has 124 valence electrons. The summed E-state index contributed by atoms with van der Waals surface area (Å²) in [5.74, 6) is 0.210. The molecule has 0 spiro atoms. The number of allylic oxidation sites excluding steroid dienone is 1. The lowest BCUT2D eigenvalue weighted by Crippen LogP contribution is -2.04. The minimum Gasteiger partial charge on any atom is -0.490 e. The first-order valence-electron chi connectivity index (χ1n) is 7.63. The molecule has 3 nitrogen and oxygen atoms in total. The third kappa shape index (κ3) is 3.30. The fourth-order valence-electron chi connectivity index (χ4n) is 2.75. The van der Waals surface area contributed by atoms with Gasteiger partial charge in [-0.15, -0.1) is 0 Å². The summed E-state index contributed by atoms with van der Waals surface area (Å²) in [5, 5.41) is 0. The number of Topliss-reactive ketones (excluding diaryl/α,β-unsaturated/α-hetero) is 1. The van der Waals surface area contributed by atoms with E-state index in [2.05, 4.69) is 4.74 Å². The molecule has 0 heterocycles. The van der Waals surface area contributed by atoms with Crippen LogP contribution in [0.2, 0.25) is 0 Å². The molecule has 3 rings (SSSR count). The molecular weight excluding hydrogens is 314 g/mol. The van der Waals surface area contributed by atoms with E-state index in [9.17, 15) is 13.6 Å². The maximum atomic E-state index is 12.4. The Morgan fingerprint density at radius 2 is 1.96 bits per heavy atom. The molecule has 0 bridgehead atoms. The van der Waals surface area contributed by atoms with Gasteiger partial charge in [-0.1, -0.05) is 30.3 Å². The molecule has 0 saturated heterocycles. The summed E-state index contributed by atoms with van der Waals surface area (Å²) in [6.07, 6.45) is 2.32. The van der Waals surface area contributed by atoms with E-state index < -0.39 is 6.61 Å². The van der Waals surface area contributed by atoms with E-state index in [1.807, 2.05) is 24.3 Å². The number of carbonyl (C=O) groups excluding carboxylic acids is 1. The summed E-state index contributed by atoms with van der Waals surface area (Å²) < 4.78 is 34.7. The number of ketones is 1. The van der Waals surface area contributed by atoms with Crippen molar-refractivity contribution in [2.24, 2.45) is 0 Å². The van der Waals surface area contributed by atoms with Crippen molar-refractivity contribution in [2.75, 3.05) is 6.61 Å². The van der Waals surface area contributed by atoms with Gasteiger partial charge >= 0.3 is 6.61 Å². The molecule has 1 aliphatic rings. The number of hydrogen-bond acceptors (Lipinski definition) is 3. The molecule has 0 N–H and O–H groups in total. The SMILES string of the molecule is CCOc1cc(/C=C2\Cc3ccccc3C2=O)ccc1OC(F)F. The first-order chi connectivity index (χ1) is 11.6. The van der Waals surface area contributed by atoms with Crippen LogP contribution in [-0.2, 0) is 6.42 Å². The number of carbonyl (C=O) groups is 1. The van der Waals surface area contributed by atoms with E-state index in [1.165, 1.54) is 6.07 Å². The fourth-order valence-corrected chi connectivity index (χ4v) is 2.75. The summed E-state index contributed by atoms with van der Waals surface area (Å²) in [5.41, 5.74) is 3.08. The number of alkyl halides is 2. The van der Waals surface area contributed by atoms with Crippen LogP contribution >= 0.6 is 0 Å². The number of rotatable bonds is 5. The Hall–Kier alpha value is -2.69. The molecule has 0 atom stereocenters. The quantitative estimate of drug-likeness (QED) is 0.757. The Morgan fingerprint density at radius 3 is 2.67 bits per heavy atom. The van der Waals surface area contributed by atoms with Crippen LogP contribution in [0.3, 0.4) is 0 Å². The third-order valence-corrected chi connectivity index (χ3v) is 3.76. The third-order valence-electron chi connectivity index (χ3n) is 3.76. The predicted octanol–water partition coefficient (Wildman–Crippen LogP) is 4.51. The van der Waals surface area contributed by atoms with E-state index in [1.54, 1.807) is 25.1 Å². The zero-order chi connectivity index (χ0) is 17.1. The molecule has 0 radical (unpaired) electrons. The van der Waals surface area contributed by atoms with Crippen LogP contribution in [0, 0.1) is 0 Å². The minimum atomic E-state index is -2.92. The fraction of sp³-hybridized carbons (Fsp3) is 0.211. The van der Waals surface area contributed by atoms with Gasteiger partial charge in [0.15, 0.2) is 17.3 Å². The average Bonchev–Trinajstić information content (AvgIpc) is 2.86. The van der Waals surface area contributed by atoms with Gasteiger partial charge in [-0.2, -0.15) is 8.78 Å². The zero-order valence-corrected chi connectivity index (χ0v) is 13.1. The van der Waals surface area contributed by atoms with Crippen LogP contribution in [-0.4, -0.2) is 19.0 Å². The lowest BCUT2D eigenvalue weighted by molar-refractivity contribution is -0.0514. The highest BCUT2D eigenvalue weighted by Gasteiger charge is 2.24. The Bertz CT molecular complexity index is 797.